The molecule has 0 aliphatic heterocycles. The molecule has 3 rings (SSSR count). The zero-order valence-electron chi connectivity index (χ0n) is 13.3. The molecule has 1 saturated carbocycles. The lowest BCUT2D eigenvalue weighted by atomic mass is 10.1. The van der Waals surface area contributed by atoms with Crippen LogP contribution in [0.5, 0.6) is 5.75 Å². The first-order chi connectivity index (χ1) is 11.2. The van der Waals surface area contributed by atoms with Gasteiger partial charge in [0, 0.05) is 16.4 Å². The number of halogens is 1. The van der Waals surface area contributed by atoms with Crippen molar-refractivity contribution in [2.24, 2.45) is 5.92 Å². The number of unbranched alkanes of at least 4 members (excludes halogenated alkanes) is 1. The van der Waals surface area contributed by atoms with Gasteiger partial charge in [-0.15, -0.1) is 0 Å². The highest BCUT2D eigenvalue weighted by Crippen LogP contribution is 2.34. The van der Waals surface area contributed by atoms with Crippen LogP contribution in [0.15, 0.2) is 27.5 Å². The van der Waals surface area contributed by atoms with Crippen LogP contribution in [0.25, 0.3) is 10.8 Å². The molecule has 1 fully saturated rings. The Bertz CT molecular complexity index is 765. The molecule has 0 radical (unpaired) electrons. The number of rotatable bonds is 7. The monoisotopic (exact) mass is 379 g/mol. The van der Waals surface area contributed by atoms with Crippen LogP contribution < -0.4 is 10.3 Å². The second kappa shape index (κ2) is 7.05. The van der Waals surface area contributed by atoms with E-state index in [-0.39, 0.29) is 12.2 Å². The van der Waals surface area contributed by atoms with Gasteiger partial charge in [-0.05, 0) is 43.4 Å². The standard InChI is InChI=1S/C18H22BrNO3/c1-2-3-8-23-17-15-9-13(19)6-7-14(15)18(22)20(16(17)11-21)10-12-4-5-12/h6-7,9,12,21H,2-5,8,10-11H2,1H3. The molecular formula is C18H22BrNO3. The van der Waals surface area contributed by atoms with Gasteiger partial charge >= 0.3 is 0 Å². The van der Waals surface area contributed by atoms with E-state index in [4.69, 9.17) is 4.74 Å². The topological polar surface area (TPSA) is 51.5 Å². The van der Waals surface area contributed by atoms with E-state index in [1.54, 1.807) is 4.57 Å². The zero-order chi connectivity index (χ0) is 16.4. The molecule has 0 bridgehead atoms. The lowest BCUT2D eigenvalue weighted by Gasteiger charge is -2.19. The van der Waals surface area contributed by atoms with Gasteiger partial charge in [0.2, 0.25) is 0 Å². The number of ether oxygens (including phenoxy) is 1. The number of hydrogen-bond donors (Lipinski definition) is 1. The van der Waals surface area contributed by atoms with Crippen LogP contribution in [-0.4, -0.2) is 16.3 Å². The molecule has 0 amide bonds. The first-order valence-electron chi connectivity index (χ1n) is 8.24. The Morgan fingerprint density at radius 1 is 1.35 bits per heavy atom. The van der Waals surface area contributed by atoms with Crippen LogP contribution in [0.2, 0.25) is 0 Å². The third-order valence-corrected chi connectivity index (χ3v) is 4.81. The molecule has 0 saturated heterocycles. The fourth-order valence-electron chi connectivity index (χ4n) is 2.83. The molecule has 5 heteroatoms. The van der Waals surface area contributed by atoms with E-state index in [0.29, 0.717) is 35.9 Å². The second-order valence-corrected chi connectivity index (χ2v) is 7.10. The summed E-state index contributed by atoms with van der Waals surface area (Å²) in [6, 6.07) is 5.61. The smallest absolute Gasteiger partial charge is 0.258 e. The predicted molar refractivity (Wildman–Crippen MR) is 95.0 cm³/mol. The maximum atomic E-state index is 12.8. The van der Waals surface area contributed by atoms with Crippen LogP contribution in [0.4, 0.5) is 0 Å². The molecule has 1 aromatic heterocycles. The fourth-order valence-corrected chi connectivity index (χ4v) is 3.19. The Morgan fingerprint density at radius 3 is 2.78 bits per heavy atom. The van der Waals surface area contributed by atoms with Gasteiger partial charge in [-0.3, -0.25) is 4.79 Å². The van der Waals surface area contributed by atoms with Crippen LogP contribution >= 0.6 is 15.9 Å². The molecule has 23 heavy (non-hydrogen) atoms. The second-order valence-electron chi connectivity index (χ2n) is 6.18. The molecule has 1 heterocycles. The van der Waals surface area contributed by atoms with Gasteiger partial charge in [0.1, 0.15) is 5.75 Å². The maximum absolute atomic E-state index is 12.8. The van der Waals surface area contributed by atoms with Gasteiger partial charge in [-0.25, -0.2) is 0 Å². The van der Waals surface area contributed by atoms with E-state index in [2.05, 4.69) is 22.9 Å². The highest BCUT2D eigenvalue weighted by molar-refractivity contribution is 9.10. The summed E-state index contributed by atoms with van der Waals surface area (Å²) in [5, 5.41) is 11.3. The summed E-state index contributed by atoms with van der Waals surface area (Å²) in [5.41, 5.74) is 0.565. The van der Waals surface area contributed by atoms with Crippen LogP contribution in [0.1, 0.15) is 38.3 Å². The van der Waals surface area contributed by atoms with Gasteiger partial charge in [-0.2, -0.15) is 0 Å². The van der Waals surface area contributed by atoms with Crippen LogP contribution in [-0.2, 0) is 13.2 Å². The number of aromatic nitrogens is 1. The SMILES string of the molecule is CCCCOc1c(CO)n(CC2CC2)c(=O)c2ccc(Br)cc12. The van der Waals surface area contributed by atoms with E-state index >= 15 is 0 Å². The van der Waals surface area contributed by atoms with Crippen molar-refractivity contribution in [1.82, 2.24) is 4.57 Å². The summed E-state index contributed by atoms with van der Waals surface area (Å²) in [7, 11) is 0. The van der Waals surface area contributed by atoms with Gasteiger partial charge in [0.15, 0.2) is 0 Å². The minimum atomic E-state index is -0.189. The minimum absolute atomic E-state index is 0.0358. The first-order valence-corrected chi connectivity index (χ1v) is 9.03. The summed E-state index contributed by atoms with van der Waals surface area (Å²) in [4.78, 5) is 12.8. The molecule has 1 aromatic carbocycles. The molecule has 0 atom stereocenters. The number of pyridine rings is 1. The van der Waals surface area contributed by atoms with E-state index in [0.717, 1.165) is 35.5 Å². The molecule has 4 nitrogen and oxygen atoms in total. The molecule has 1 aliphatic rings. The number of aliphatic hydroxyl groups is 1. The van der Waals surface area contributed by atoms with Gasteiger partial charge < -0.3 is 14.4 Å². The summed E-state index contributed by atoms with van der Waals surface area (Å²) in [5.74, 6) is 1.20. The lowest BCUT2D eigenvalue weighted by molar-refractivity contribution is 0.247. The van der Waals surface area contributed by atoms with Gasteiger partial charge in [0.05, 0.1) is 24.3 Å². The van der Waals surface area contributed by atoms with E-state index in [1.165, 1.54) is 0 Å². The van der Waals surface area contributed by atoms with Crippen molar-refractivity contribution in [3.63, 3.8) is 0 Å². The Morgan fingerprint density at radius 2 is 2.13 bits per heavy atom. The zero-order valence-corrected chi connectivity index (χ0v) is 14.9. The van der Waals surface area contributed by atoms with Crippen molar-refractivity contribution < 1.29 is 9.84 Å². The summed E-state index contributed by atoms with van der Waals surface area (Å²) in [6.45, 7) is 3.18. The largest absolute Gasteiger partial charge is 0.491 e. The average molecular weight is 380 g/mol. The van der Waals surface area contributed by atoms with Crippen molar-refractivity contribution >= 4 is 26.7 Å². The fraction of sp³-hybridized carbons (Fsp3) is 0.500. The lowest BCUT2D eigenvalue weighted by Crippen LogP contribution is -2.26. The maximum Gasteiger partial charge on any atom is 0.258 e. The summed E-state index contributed by atoms with van der Waals surface area (Å²) >= 11 is 3.46. The van der Waals surface area contributed by atoms with Crippen molar-refractivity contribution in [2.75, 3.05) is 6.61 Å². The molecule has 124 valence electrons. The van der Waals surface area contributed by atoms with Crippen molar-refractivity contribution in [1.29, 1.82) is 0 Å². The Balaban J connectivity index is 2.18. The Kier molecular flexibility index (Phi) is 5.07. The molecule has 2 aromatic rings. The van der Waals surface area contributed by atoms with Gasteiger partial charge in [0.25, 0.3) is 5.56 Å². The van der Waals surface area contributed by atoms with Crippen molar-refractivity contribution in [2.45, 2.75) is 45.8 Å². The number of hydrogen-bond acceptors (Lipinski definition) is 3. The van der Waals surface area contributed by atoms with E-state index < -0.39 is 0 Å². The highest BCUT2D eigenvalue weighted by Gasteiger charge is 2.26. The third kappa shape index (κ3) is 3.45. The van der Waals surface area contributed by atoms with E-state index in [9.17, 15) is 9.90 Å². The van der Waals surface area contributed by atoms with Crippen molar-refractivity contribution in [3.8, 4) is 5.75 Å². The average Bonchev–Trinajstić information content (AvgIpc) is 3.35. The quantitative estimate of drug-likeness (QED) is 0.743. The Labute approximate surface area is 144 Å². The normalized spacial score (nSPS) is 14.4. The number of nitrogens with zero attached hydrogens (tertiary/aromatic N) is 1. The van der Waals surface area contributed by atoms with E-state index in [1.807, 2.05) is 18.2 Å². The molecule has 1 N–H and O–H groups in total. The number of aliphatic hydroxyl groups excluding tert-OH is 1. The van der Waals surface area contributed by atoms with Crippen LogP contribution in [0.3, 0.4) is 0 Å². The highest BCUT2D eigenvalue weighted by atomic mass is 79.9. The van der Waals surface area contributed by atoms with Crippen LogP contribution in [0, 0.1) is 5.92 Å². The Hall–Kier alpha value is -1.33. The summed E-state index contributed by atoms with van der Waals surface area (Å²) in [6.07, 6.45) is 4.29. The van der Waals surface area contributed by atoms with Gasteiger partial charge in [-0.1, -0.05) is 29.3 Å². The molecule has 0 unspecified atom stereocenters. The predicted octanol–water partition coefficient (Wildman–Crippen LogP) is 3.85. The minimum Gasteiger partial charge on any atom is -0.491 e. The number of fused-ring (bicyclic) bond motifs is 1. The number of benzene rings is 1. The molecule has 1 aliphatic carbocycles. The molecular weight excluding hydrogens is 358 g/mol. The first kappa shape index (κ1) is 16.5. The summed E-state index contributed by atoms with van der Waals surface area (Å²) < 4.78 is 8.61. The molecule has 0 spiro atoms. The van der Waals surface area contributed by atoms with Crippen molar-refractivity contribution in [3.05, 3.63) is 38.7 Å². The third-order valence-electron chi connectivity index (χ3n) is 4.32.